The molecule has 0 amide bonds. The number of benzene rings is 2. The lowest BCUT2D eigenvalue weighted by molar-refractivity contribution is -0.641. The molecule has 4 aromatic rings. The third-order valence-electron chi connectivity index (χ3n) is 7.83. The van der Waals surface area contributed by atoms with E-state index in [9.17, 15) is 13.0 Å². The van der Waals surface area contributed by atoms with Crippen LogP contribution in [0.3, 0.4) is 0 Å². The molecule has 208 valence electrons. The fraction of sp³-hybridized carbons (Fsp3) is 0.355. The number of nitrogens with zero attached hydrogens (tertiary/aromatic N) is 3. The zero-order valence-corrected chi connectivity index (χ0v) is 24.5. The van der Waals surface area contributed by atoms with Gasteiger partial charge in [-0.15, -0.1) is 0 Å². The molecule has 0 N–H and O–H groups in total. The van der Waals surface area contributed by atoms with Gasteiger partial charge in [-0.25, -0.2) is 8.42 Å². The molecule has 3 heterocycles. The molecule has 0 bridgehead atoms. The van der Waals surface area contributed by atoms with E-state index in [1.165, 1.54) is 10.3 Å². The van der Waals surface area contributed by atoms with Crippen LogP contribution in [0, 0.1) is 0 Å². The highest BCUT2D eigenvalue weighted by Gasteiger charge is 2.32. The number of aromatic nitrogens is 2. The summed E-state index contributed by atoms with van der Waals surface area (Å²) in [5.74, 6) is 0.364. The minimum atomic E-state index is -4.55. The SMILES string of the molecule is CCCCC(/C=C1\Oc2ccc3c(c2N1CS(=O)(=O)[O-])CCCCC3)=C\c1sc2ccc3ccncc3c2[n+]1C. The van der Waals surface area contributed by atoms with Gasteiger partial charge in [-0.1, -0.05) is 43.2 Å². The summed E-state index contributed by atoms with van der Waals surface area (Å²) in [6.07, 6.45) is 15.7. The van der Waals surface area contributed by atoms with Crippen molar-refractivity contribution in [3.8, 4) is 5.75 Å². The number of unbranched alkanes of at least 4 members (excludes halogenated alkanes) is 1. The Morgan fingerprint density at radius 3 is 2.85 bits per heavy atom. The van der Waals surface area contributed by atoms with Crippen molar-refractivity contribution >= 4 is 54.2 Å². The summed E-state index contributed by atoms with van der Waals surface area (Å²) in [5.41, 5.74) is 5.23. The van der Waals surface area contributed by atoms with Crippen LogP contribution in [-0.2, 0) is 30.0 Å². The fourth-order valence-electron chi connectivity index (χ4n) is 5.87. The van der Waals surface area contributed by atoms with Crippen LogP contribution in [0.2, 0.25) is 0 Å². The number of thiazole rings is 1. The molecule has 40 heavy (non-hydrogen) atoms. The predicted molar refractivity (Wildman–Crippen MR) is 159 cm³/mol. The first kappa shape index (κ1) is 26.9. The van der Waals surface area contributed by atoms with Crippen LogP contribution in [0.4, 0.5) is 5.69 Å². The maximum absolute atomic E-state index is 12.1. The molecule has 1 aliphatic carbocycles. The van der Waals surface area contributed by atoms with Gasteiger partial charge in [-0.2, -0.15) is 4.57 Å². The summed E-state index contributed by atoms with van der Waals surface area (Å²) >= 11 is 1.71. The summed E-state index contributed by atoms with van der Waals surface area (Å²) in [7, 11) is -2.48. The molecule has 0 saturated heterocycles. The normalized spacial score (nSPS) is 16.8. The fourth-order valence-corrected chi connectivity index (χ4v) is 7.59. The molecular formula is C31H33N3O4S2. The van der Waals surface area contributed by atoms with E-state index in [4.69, 9.17) is 4.74 Å². The van der Waals surface area contributed by atoms with Crippen LogP contribution in [0.5, 0.6) is 5.75 Å². The zero-order valence-electron chi connectivity index (χ0n) is 22.9. The summed E-state index contributed by atoms with van der Waals surface area (Å²) in [5, 5.41) is 3.32. The number of hydrogen-bond acceptors (Lipinski definition) is 7. The van der Waals surface area contributed by atoms with E-state index in [0.717, 1.165) is 89.5 Å². The Kier molecular flexibility index (Phi) is 7.37. The predicted octanol–water partition coefficient (Wildman–Crippen LogP) is 6.36. The van der Waals surface area contributed by atoms with Gasteiger partial charge < -0.3 is 9.29 Å². The van der Waals surface area contributed by atoms with Gasteiger partial charge in [0.15, 0.2) is 5.75 Å². The van der Waals surface area contributed by atoms with Crippen molar-refractivity contribution in [3.63, 3.8) is 0 Å². The lowest BCUT2D eigenvalue weighted by Crippen LogP contribution is -2.29. The molecule has 0 fully saturated rings. The monoisotopic (exact) mass is 575 g/mol. The zero-order chi connectivity index (χ0) is 27.9. The van der Waals surface area contributed by atoms with Gasteiger partial charge in [0.2, 0.25) is 11.4 Å². The van der Waals surface area contributed by atoms with Crippen molar-refractivity contribution in [1.29, 1.82) is 0 Å². The van der Waals surface area contributed by atoms with Crippen LogP contribution < -0.4 is 14.2 Å². The Morgan fingerprint density at radius 1 is 1.18 bits per heavy atom. The molecular weight excluding hydrogens is 542 g/mol. The quantitative estimate of drug-likeness (QED) is 0.145. The van der Waals surface area contributed by atoms with Crippen molar-refractivity contribution in [3.05, 3.63) is 76.4 Å². The van der Waals surface area contributed by atoms with Crippen LogP contribution in [0.25, 0.3) is 27.1 Å². The average molecular weight is 576 g/mol. The molecule has 0 radical (unpaired) electrons. The first-order valence-electron chi connectivity index (χ1n) is 13.9. The Morgan fingerprint density at radius 2 is 2.02 bits per heavy atom. The van der Waals surface area contributed by atoms with E-state index < -0.39 is 16.0 Å². The van der Waals surface area contributed by atoms with Gasteiger partial charge in [0, 0.05) is 24.5 Å². The van der Waals surface area contributed by atoms with E-state index in [-0.39, 0.29) is 0 Å². The second-order valence-corrected chi connectivity index (χ2v) is 13.1. The smallest absolute Gasteiger partial charge is 0.262 e. The highest BCUT2D eigenvalue weighted by atomic mass is 32.2. The Hall–Kier alpha value is -3.27. The molecule has 2 aliphatic rings. The van der Waals surface area contributed by atoms with E-state index in [2.05, 4.69) is 47.8 Å². The van der Waals surface area contributed by atoms with E-state index in [0.29, 0.717) is 11.6 Å². The van der Waals surface area contributed by atoms with E-state index in [1.54, 1.807) is 16.2 Å². The standard InChI is InChI=1S/C31H33N3O4S2/c1-3-4-8-21(18-29-33(2)31-25-19-32-16-15-23(25)12-14-27(31)39-29)17-28-34(20-40(35,36)37)30-24-10-7-5-6-9-22(24)11-13-26(30)38-28/h11-19H,3-10,20H2,1-2H3. The number of hydrogen-bond donors (Lipinski definition) is 0. The summed E-state index contributed by atoms with van der Waals surface area (Å²) < 4.78 is 45.9. The van der Waals surface area contributed by atoms with E-state index in [1.807, 2.05) is 30.6 Å². The van der Waals surface area contributed by atoms with Crippen LogP contribution >= 0.6 is 11.3 Å². The summed E-state index contributed by atoms with van der Waals surface area (Å²) in [6, 6.07) is 10.3. The molecule has 0 unspecified atom stereocenters. The van der Waals surface area contributed by atoms with Gasteiger partial charge >= 0.3 is 0 Å². The second-order valence-electron chi connectivity index (χ2n) is 10.6. The van der Waals surface area contributed by atoms with Crippen LogP contribution in [0.1, 0.15) is 61.6 Å². The molecule has 7 nitrogen and oxygen atoms in total. The number of aryl methyl sites for hydroxylation is 2. The van der Waals surface area contributed by atoms with Crippen molar-refractivity contribution in [2.45, 2.75) is 58.3 Å². The number of pyridine rings is 1. The first-order chi connectivity index (χ1) is 19.3. The van der Waals surface area contributed by atoms with Crippen molar-refractivity contribution < 1.29 is 22.3 Å². The molecule has 2 aromatic heterocycles. The molecule has 0 spiro atoms. The van der Waals surface area contributed by atoms with Gasteiger partial charge in [0.05, 0.1) is 11.1 Å². The summed E-state index contributed by atoms with van der Waals surface area (Å²) in [4.78, 5) is 5.94. The van der Waals surface area contributed by atoms with Gasteiger partial charge in [0.1, 0.15) is 27.7 Å². The highest BCUT2D eigenvalue weighted by Crippen LogP contribution is 2.45. The first-order valence-corrected chi connectivity index (χ1v) is 16.3. The van der Waals surface area contributed by atoms with Gasteiger partial charge in [-0.3, -0.25) is 9.88 Å². The number of allylic oxidation sites excluding steroid dienone is 2. The minimum Gasteiger partial charge on any atom is -0.747 e. The molecule has 2 aromatic carbocycles. The molecule has 6 rings (SSSR count). The average Bonchev–Trinajstić information content (AvgIpc) is 3.30. The Labute approximate surface area is 239 Å². The topological polar surface area (TPSA) is 86.4 Å². The minimum absolute atomic E-state index is 0.396. The second kappa shape index (κ2) is 11.0. The Bertz CT molecular complexity index is 1770. The number of anilines is 1. The summed E-state index contributed by atoms with van der Waals surface area (Å²) in [6.45, 7) is 2.15. The van der Waals surface area contributed by atoms with Crippen molar-refractivity contribution in [1.82, 2.24) is 4.98 Å². The molecule has 0 saturated carbocycles. The lowest BCUT2D eigenvalue weighted by Gasteiger charge is -2.23. The number of ether oxygens (including phenoxy) is 1. The molecule has 0 atom stereocenters. The third-order valence-corrected chi connectivity index (χ3v) is 9.55. The van der Waals surface area contributed by atoms with Crippen molar-refractivity contribution in [2.75, 3.05) is 10.8 Å². The van der Waals surface area contributed by atoms with Gasteiger partial charge in [-0.05, 0) is 78.8 Å². The Balaban J connectivity index is 1.46. The maximum atomic E-state index is 12.1. The molecule has 1 aliphatic heterocycles. The third kappa shape index (κ3) is 5.25. The van der Waals surface area contributed by atoms with Crippen LogP contribution in [-0.4, -0.2) is 23.8 Å². The molecule has 9 heteroatoms. The van der Waals surface area contributed by atoms with Crippen molar-refractivity contribution in [2.24, 2.45) is 7.05 Å². The lowest BCUT2D eigenvalue weighted by atomic mass is 10.00. The largest absolute Gasteiger partial charge is 0.747 e. The van der Waals surface area contributed by atoms with Gasteiger partial charge in [0.25, 0.3) is 5.01 Å². The maximum Gasteiger partial charge on any atom is 0.262 e. The number of fused-ring (bicyclic) bond motifs is 6. The van der Waals surface area contributed by atoms with E-state index >= 15 is 0 Å². The van der Waals surface area contributed by atoms with Crippen LogP contribution in [0.15, 0.2) is 60.3 Å². The highest BCUT2D eigenvalue weighted by molar-refractivity contribution is 7.85. The number of rotatable bonds is 7.